The van der Waals surface area contributed by atoms with Crippen LogP contribution in [0.25, 0.3) is 0 Å². The normalized spacial score (nSPS) is 16.9. The molecule has 0 saturated heterocycles. The van der Waals surface area contributed by atoms with E-state index < -0.39 is 10.0 Å². The first kappa shape index (κ1) is 14.6. The average Bonchev–Trinajstić information content (AvgIpc) is 2.84. The van der Waals surface area contributed by atoms with Crippen molar-refractivity contribution >= 4 is 27.3 Å². The van der Waals surface area contributed by atoms with E-state index in [0.717, 1.165) is 12.8 Å². The summed E-state index contributed by atoms with van der Waals surface area (Å²) in [7, 11) is -3.54. The maximum Gasteiger partial charge on any atom is 0.240 e. The molecule has 0 spiro atoms. The van der Waals surface area contributed by atoms with Gasteiger partial charge in [-0.05, 0) is 43.4 Å². The molecule has 19 heavy (non-hydrogen) atoms. The summed E-state index contributed by atoms with van der Waals surface area (Å²) in [4.78, 5) is 0.176. The fraction of sp³-hybridized carbons (Fsp3) is 0.538. The van der Waals surface area contributed by atoms with Gasteiger partial charge in [0.2, 0.25) is 10.0 Å². The fourth-order valence-electron chi connectivity index (χ4n) is 2.47. The maximum atomic E-state index is 12.3. The van der Waals surface area contributed by atoms with Gasteiger partial charge in [0.1, 0.15) is 0 Å². The molecular weight excluding hydrogens is 284 g/mol. The molecule has 106 valence electrons. The van der Waals surface area contributed by atoms with Crippen LogP contribution in [-0.4, -0.2) is 15.0 Å². The number of hydrogen-bond donors (Lipinski definition) is 2. The molecule has 0 aliphatic heterocycles. The predicted octanol–water partition coefficient (Wildman–Crippen LogP) is 2.70. The highest BCUT2D eigenvalue weighted by Gasteiger charge is 2.22. The molecule has 1 aromatic rings. The number of benzene rings is 1. The molecule has 0 unspecified atom stereocenters. The Morgan fingerprint density at radius 3 is 2.63 bits per heavy atom. The number of anilines is 1. The molecule has 0 aromatic heterocycles. The fourth-order valence-corrected chi connectivity index (χ4v) is 4.18. The Balaban J connectivity index is 2.19. The lowest BCUT2D eigenvalue weighted by Gasteiger charge is -2.14. The zero-order chi connectivity index (χ0) is 14.0. The van der Waals surface area contributed by atoms with E-state index in [1.807, 2.05) is 0 Å². The van der Waals surface area contributed by atoms with Crippen LogP contribution in [0.1, 0.15) is 31.2 Å². The smallest absolute Gasteiger partial charge is 0.240 e. The van der Waals surface area contributed by atoms with Crippen LogP contribution in [0.15, 0.2) is 17.0 Å². The first-order chi connectivity index (χ1) is 8.90. The van der Waals surface area contributed by atoms with Gasteiger partial charge in [-0.15, -0.1) is 0 Å². The topological polar surface area (TPSA) is 72.2 Å². The molecule has 0 radical (unpaired) electrons. The van der Waals surface area contributed by atoms with Gasteiger partial charge in [0.15, 0.2) is 0 Å². The number of nitrogens with one attached hydrogen (secondary N) is 1. The maximum absolute atomic E-state index is 12.3. The Labute approximate surface area is 119 Å². The number of rotatable bonds is 4. The van der Waals surface area contributed by atoms with Gasteiger partial charge in [-0.3, -0.25) is 0 Å². The molecule has 0 amide bonds. The summed E-state index contributed by atoms with van der Waals surface area (Å²) >= 11 is 5.88. The lowest BCUT2D eigenvalue weighted by molar-refractivity contribution is 0.519. The zero-order valence-electron chi connectivity index (χ0n) is 10.9. The first-order valence-electron chi connectivity index (χ1n) is 6.45. The Hall–Kier alpha value is -0.780. The summed E-state index contributed by atoms with van der Waals surface area (Å²) in [5, 5.41) is 0.337. The third-order valence-corrected chi connectivity index (χ3v) is 5.46. The third-order valence-electron chi connectivity index (χ3n) is 3.69. The molecule has 0 bridgehead atoms. The molecule has 1 fully saturated rings. The van der Waals surface area contributed by atoms with Crippen molar-refractivity contribution in [1.82, 2.24) is 4.72 Å². The van der Waals surface area contributed by atoms with Crippen molar-refractivity contribution in [1.29, 1.82) is 0 Å². The monoisotopic (exact) mass is 302 g/mol. The van der Waals surface area contributed by atoms with Crippen LogP contribution in [0.3, 0.4) is 0 Å². The van der Waals surface area contributed by atoms with E-state index in [4.69, 9.17) is 17.3 Å². The summed E-state index contributed by atoms with van der Waals surface area (Å²) in [6, 6.07) is 3.01. The van der Waals surface area contributed by atoms with Crippen molar-refractivity contribution < 1.29 is 8.42 Å². The van der Waals surface area contributed by atoms with Gasteiger partial charge in [-0.1, -0.05) is 24.4 Å². The second-order valence-corrected chi connectivity index (χ2v) is 7.29. The van der Waals surface area contributed by atoms with Gasteiger partial charge in [-0.2, -0.15) is 0 Å². The van der Waals surface area contributed by atoms with Crippen molar-refractivity contribution in [3.63, 3.8) is 0 Å². The van der Waals surface area contributed by atoms with Crippen LogP contribution in [-0.2, 0) is 10.0 Å². The molecule has 4 nitrogen and oxygen atoms in total. The van der Waals surface area contributed by atoms with Crippen molar-refractivity contribution in [3.05, 3.63) is 22.7 Å². The van der Waals surface area contributed by atoms with E-state index in [0.29, 0.717) is 28.7 Å². The number of halogens is 1. The van der Waals surface area contributed by atoms with E-state index >= 15 is 0 Å². The minimum absolute atomic E-state index is 0.176. The Morgan fingerprint density at radius 1 is 1.37 bits per heavy atom. The lowest BCUT2D eigenvalue weighted by atomic mass is 10.1. The number of nitrogen functional groups attached to an aromatic ring is 1. The molecule has 1 aromatic carbocycles. The summed E-state index contributed by atoms with van der Waals surface area (Å²) in [6.07, 6.45) is 4.57. The van der Waals surface area contributed by atoms with Crippen LogP contribution in [0, 0.1) is 12.8 Å². The molecule has 1 saturated carbocycles. The van der Waals surface area contributed by atoms with Crippen molar-refractivity contribution in [3.8, 4) is 0 Å². The molecule has 0 atom stereocenters. The molecule has 3 N–H and O–H groups in total. The van der Waals surface area contributed by atoms with Crippen molar-refractivity contribution in [2.75, 3.05) is 12.3 Å². The van der Waals surface area contributed by atoms with Crippen LogP contribution in [0.4, 0.5) is 5.69 Å². The third kappa shape index (κ3) is 3.41. The highest BCUT2D eigenvalue weighted by molar-refractivity contribution is 7.89. The predicted molar refractivity (Wildman–Crippen MR) is 77.7 cm³/mol. The Kier molecular flexibility index (Phi) is 4.38. The average molecular weight is 303 g/mol. The van der Waals surface area contributed by atoms with Crippen molar-refractivity contribution in [2.24, 2.45) is 5.92 Å². The van der Waals surface area contributed by atoms with E-state index in [2.05, 4.69) is 4.72 Å². The van der Waals surface area contributed by atoms with E-state index in [-0.39, 0.29) is 4.90 Å². The van der Waals surface area contributed by atoms with Gasteiger partial charge < -0.3 is 5.73 Å². The molecule has 6 heteroatoms. The minimum Gasteiger partial charge on any atom is -0.398 e. The number of nitrogens with two attached hydrogens (primary N) is 1. The summed E-state index contributed by atoms with van der Waals surface area (Å²) in [5.74, 6) is 0.451. The molecule has 1 aliphatic carbocycles. The van der Waals surface area contributed by atoms with Crippen LogP contribution in [0.5, 0.6) is 0 Å². The highest BCUT2D eigenvalue weighted by Crippen LogP contribution is 2.27. The van der Waals surface area contributed by atoms with Gasteiger partial charge in [0.05, 0.1) is 4.90 Å². The van der Waals surface area contributed by atoms with Gasteiger partial charge in [-0.25, -0.2) is 13.1 Å². The summed E-state index contributed by atoms with van der Waals surface area (Å²) in [5.41, 5.74) is 6.70. The quantitative estimate of drug-likeness (QED) is 0.840. The largest absolute Gasteiger partial charge is 0.398 e. The second kappa shape index (κ2) is 5.69. The SMILES string of the molecule is Cc1c(N)cc(Cl)cc1S(=O)(=O)NCC1CCCC1. The van der Waals surface area contributed by atoms with Crippen LogP contribution in [0.2, 0.25) is 5.02 Å². The Morgan fingerprint density at radius 2 is 2.00 bits per heavy atom. The summed E-state index contributed by atoms with van der Waals surface area (Å²) in [6.45, 7) is 2.18. The molecule has 2 rings (SSSR count). The van der Waals surface area contributed by atoms with Crippen LogP contribution >= 0.6 is 11.6 Å². The van der Waals surface area contributed by atoms with E-state index in [1.165, 1.54) is 18.9 Å². The number of sulfonamides is 1. The molecule has 1 aliphatic rings. The van der Waals surface area contributed by atoms with Gasteiger partial charge in [0, 0.05) is 17.3 Å². The molecule has 0 heterocycles. The van der Waals surface area contributed by atoms with E-state index in [1.54, 1.807) is 13.0 Å². The van der Waals surface area contributed by atoms with Crippen LogP contribution < -0.4 is 10.5 Å². The minimum atomic E-state index is -3.54. The van der Waals surface area contributed by atoms with Gasteiger partial charge in [0.25, 0.3) is 0 Å². The van der Waals surface area contributed by atoms with Crippen molar-refractivity contribution in [2.45, 2.75) is 37.5 Å². The van der Waals surface area contributed by atoms with E-state index in [9.17, 15) is 8.42 Å². The summed E-state index contributed by atoms with van der Waals surface area (Å²) < 4.78 is 27.2. The standard InChI is InChI=1S/C13H19ClN2O2S/c1-9-12(15)6-11(14)7-13(9)19(17,18)16-8-10-4-2-3-5-10/h6-7,10,16H,2-5,8,15H2,1H3. The molecular formula is C13H19ClN2O2S. The zero-order valence-corrected chi connectivity index (χ0v) is 12.5. The van der Waals surface area contributed by atoms with Gasteiger partial charge >= 0.3 is 0 Å². The Bertz CT molecular complexity index is 566. The number of hydrogen-bond acceptors (Lipinski definition) is 3. The second-order valence-electron chi connectivity index (χ2n) is 5.12. The lowest BCUT2D eigenvalue weighted by Crippen LogP contribution is -2.29. The first-order valence-corrected chi connectivity index (χ1v) is 8.31. The highest BCUT2D eigenvalue weighted by atomic mass is 35.5.